The van der Waals surface area contributed by atoms with Crippen LogP contribution in [0.15, 0.2) is 71.9 Å². The third-order valence-corrected chi connectivity index (χ3v) is 5.67. The number of fused-ring (bicyclic) bond motifs is 1. The fourth-order valence-corrected chi connectivity index (χ4v) is 4.15. The van der Waals surface area contributed by atoms with E-state index >= 15 is 0 Å². The van der Waals surface area contributed by atoms with Crippen LogP contribution in [0.3, 0.4) is 0 Å². The molecular weight excluding hydrogens is 370 g/mol. The highest BCUT2D eigenvalue weighted by Crippen LogP contribution is 2.31. The average molecular weight is 389 g/mol. The normalized spacial score (nSPS) is 11.0. The Kier molecular flexibility index (Phi) is 5.12. The Morgan fingerprint density at radius 1 is 1.00 bits per heavy atom. The SMILES string of the molecule is CCn1c(SCc2ccc(C(=O)O)cc2)nnc1-c1cccc2ccccc12. The molecule has 4 aromatic rings. The van der Waals surface area contributed by atoms with Crippen molar-refractivity contribution in [2.75, 3.05) is 0 Å². The Labute approximate surface area is 167 Å². The second-order valence-electron chi connectivity index (χ2n) is 6.37. The smallest absolute Gasteiger partial charge is 0.335 e. The summed E-state index contributed by atoms with van der Waals surface area (Å²) in [5, 5.41) is 21.1. The van der Waals surface area contributed by atoms with Crippen LogP contribution in [0.2, 0.25) is 0 Å². The second-order valence-corrected chi connectivity index (χ2v) is 7.31. The summed E-state index contributed by atoms with van der Waals surface area (Å²) in [5.74, 6) is 0.654. The first-order valence-electron chi connectivity index (χ1n) is 9.03. The zero-order valence-electron chi connectivity index (χ0n) is 15.4. The Bertz CT molecular complexity index is 1130. The average Bonchev–Trinajstić information content (AvgIpc) is 3.14. The van der Waals surface area contributed by atoms with E-state index in [0.29, 0.717) is 11.3 Å². The number of benzene rings is 3. The molecule has 1 N–H and O–H groups in total. The van der Waals surface area contributed by atoms with Crippen LogP contribution in [0.5, 0.6) is 0 Å². The number of carboxylic acid groups (broad SMARTS) is 1. The predicted molar refractivity (Wildman–Crippen MR) is 112 cm³/mol. The number of thioether (sulfide) groups is 1. The lowest BCUT2D eigenvalue weighted by Crippen LogP contribution is -2.00. The summed E-state index contributed by atoms with van der Waals surface area (Å²) < 4.78 is 2.12. The molecule has 0 unspecified atom stereocenters. The summed E-state index contributed by atoms with van der Waals surface area (Å²) in [5.41, 5.74) is 2.42. The largest absolute Gasteiger partial charge is 0.478 e. The summed E-state index contributed by atoms with van der Waals surface area (Å²) in [6, 6.07) is 21.4. The molecule has 4 rings (SSSR count). The number of carbonyl (C=O) groups is 1. The van der Waals surface area contributed by atoms with Gasteiger partial charge in [-0.3, -0.25) is 0 Å². The molecular formula is C22H19N3O2S. The molecule has 1 heterocycles. The zero-order chi connectivity index (χ0) is 19.5. The van der Waals surface area contributed by atoms with Crippen molar-refractivity contribution in [3.05, 3.63) is 77.9 Å². The van der Waals surface area contributed by atoms with Crippen LogP contribution in [0, 0.1) is 0 Å². The van der Waals surface area contributed by atoms with Gasteiger partial charge in [-0.1, -0.05) is 66.4 Å². The topological polar surface area (TPSA) is 68.0 Å². The van der Waals surface area contributed by atoms with Gasteiger partial charge in [-0.05, 0) is 35.4 Å². The molecule has 1 aromatic heterocycles. The molecule has 28 heavy (non-hydrogen) atoms. The molecule has 140 valence electrons. The van der Waals surface area contributed by atoms with E-state index in [0.717, 1.165) is 34.0 Å². The summed E-state index contributed by atoms with van der Waals surface area (Å²) >= 11 is 1.60. The Balaban J connectivity index is 1.62. The van der Waals surface area contributed by atoms with Crippen molar-refractivity contribution in [3.63, 3.8) is 0 Å². The lowest BCUT2D eigenvalue weighted by atomic mass is 10.0. The Hall–Kier alpha value is -3.12. The Morgan fingerprint density at radius 2 is 1.75 bits per heavy atom. The zero-order valence-corrected chi connectivity index (χ0v) is 16.2. The van der Waals surface area contributed by atoms with Crippen molar-refractivity contribution in [1.82, 2.24) is 14.8 Å². The van der Waals surface area contributed by atoms with E-state index in [4.69, 9.17) is 5.11 Å². The first kappa shape index (κ1) is 18.3. The van der Waals surface area contributed by atoms with Crippen LogP contribution < -0.4 is 0 Å². The number of rotatable bonds is 6. The molecule has 0 bridgehead atoms. The van der Waals surface area contributed by atoms with Gasteiger partial charge >= 0.3 is 5.97 Å². The van der Waals surface area contributed by atoms with E-state index in [-0.39, 0.29) is 0 Å². The van der Waals surface area contributed by atoms with E-state index in [9.17, 15) is 4.79 Å². The molecule has 5 nitrogen and oxygen atoms in total. The van der Waals surface area contributed by atoms with Gasteiger partial charge < -0.3 is 9.67 Å². The van der Waals surface area contributed by atoms with Crippen molar-refractivity contribution in [3.8, 4) is 11.4 Å². The minimum atomic E-state index is -0.912. The predicted octanol–water partition coefficient (Wildman–Crippen LogP) is 5.11. The van der Waals surface area contributed by atoms with Gasteiger partial charge in [-0.2, -0.15) is 0 Å². The Morgan fingerprint density at radius 3 is 2.50 bits per heavy atom. The van der Waals surface area contributed by atoms with Crippen molar-refractivity contribution in [2.45, 2.75) is 24.4 Å². The van der Waals surface area contributed by atoms with E-state index < -0.39 is 5.97 Å². The standard InChI is InChI=1S/C22H19N3O2S/c1-2-25-20(19-9-5-7-16-6-3-4-8-18(16)19)23-24-22(25)28-14-15-10-12-17(13-11-15)21(26)27/h3-13H,2,14H2,1H3,(H,26,27). The van der Waals surface area contributed by atoms with Gasteiger partial charge in [0.1, 0.15) is 0 Å². The maximum atomic E-state index is 11.0. The van der Waals surface area contributed by atoms with Crippen molar-refractivity contribution in [2.24, 2.45) is 0 Å². The van der Waals surface area contributed by atoms with Crippen LogP contribution in [-0.2, 0) is 12.3 Å². The summed E-state index contributed by atoms with van der Waals surface area (Å²) in [4.78, 5) is 11.0. The molecule has 0 saturated heterocycles. The fraction of sp³-hybridized carbons (Fsp3) is 0.136. The molecule has 3 aromatic carbocycles. The van der Waals surface area contributed by atoms with Gasteiger partial charge in [-0.25, -0.2) is 4.79 Å². The van der Waals surface area contributed by atoms with Gasteiger partial charge in [0.25, 0.3) is 0 Å². The van der Waals surface area contributed by atoms with Crippen LogP contribution in [-0.4, -0.2) is 25.8 Å². The molecule has 0 spiro atoms. The molecule has 0 aliphatic heterocycles. The molecule has 0 aliphatic rings. The van der Waals surface area contributed by atoms with Gasteiger partial charge in [0.2, 0.25) is 0 Å². The maximum Gasteiger partial charge on any atom is 0.335 e. The lowest BCUT2D eigenvalue weighted by molar-refractivity contribution is 0.0697. The van der Waals surface area contributed by atoms with E-state index in [1.807, 2.05) is 30.3 Å². The number of aromatic nitrogens is 3. The maximum absolute atomic E-state index is 11.0. The summed E-state index contributed by atoms with van der Waals surface area (Å²) in [6.45, 7) is 2.86. The summed E-state index contributed by atoms with van der Waals surface area (Å²) in [7, 11) is 0. The molecule has 0 aliphatic carbocycles. The monoisotopic (exact) mass is 389 g/mol. The minimum Gasteiger partial charge on any atom is -0.478 e. The number of aromatic carboxylic acids is 1. The van der Waals surface area contributed by atoms with Crippen LogP contribution in [0.25, 0.3) is 22.2 Å². The van der Waals surface area contributed by atoms with Crippen LogP contribution >= 0.6 is 11.8 Å². The van der Waals surface area contributed by atoms with E-state index in [2.05, 4.69) is 46.0 Å². The summed E-state index contributed by atoms with van der Waals surface area (Å²) in [6.07, 6.45) is 0. The van der Waals surface area contributed by atoms with Gasteiger partial charge in [0.15, 0.2) is 11.0 Å². The van der Waals surface area contributed by atoms with Gasteiger partial charge in [-0.15, -0.1) is 10.2 Å². The third-order valence-electron chi connectivity index (χ3n) is 4.63. The second kappa shape index (κ2) is 7.86. The van der Waals surface area contributed by atoms with Crippen molar-refractivity contribution >= 4 is 28.5 Å². The minimum absolute atomic E-state index is 0.295. The molecule has 0 saturated carbocycles. The van der Waals surface area contributed by atoms with Crippen LogP contribution in [0.4, 0.5) is 0 Å². The molecule has 6 heteroatoms. The molecule has 0 radical (unpaired) electrons. The fourth-order valence-electron chi connectivity index (χ4n) is 3.19. The third kappa shape index (κ3) is 3.51. The quantitative estimate of drug-likeness (QED) is 0.464. The molecule has 0 fully saturated rings. The van der Waals surface area contributed by atoms with E-state index in [1.165, 1.54) is 5.39 Å². The van der Waals surface area contributed by atoms with Crippen molar-refractivity contribution < 1.29 is 9.90 Å². The highest BCUT2D eigenvalue weighted by molar-refractivity contribution is 7.98. The first-order valence-corrected chi connectivity index (χ1v) is 10.0. The van der Waals surface area contributed by atoms with Crippen LogP contribution in [0.1, 0.15) is 22.8 Å². The van der Waals surface area contributed by atoms with E-state index in [1.54, 1.807) is 23.9 Å². The first-order chi connectivity index (χ1) is 13.7. The lowest BCUT2D eigenvalue weighted by Gasteiger charge is -2.09. The molecule has 0 amide bonds. The highest BCUT2D eigenvalue weighted by atomic mass is 32.2. The van der Waals surface area contributed by atoms with Gasteiger partial charge in [0, 0.05) is 17.9 Å². The number of nitrogens with zero attached hydrogens (tertiary/aromatic N) is 3. The van der Waals surface area contributed by atoms with Crippen molar-refractivity contribution in [1.29, 1.82) is 0 Å². The number of hydrogen-bond donors (Lipinski definition) is 1. The number of hydrogen-bond acceptors (Lipinski definition) is 4. The molecule has 0 atom stereocenters. The highest BCUT2D eigenvalue weighted by Gasteiger charge is 2.15. The number of carboxylic acids is 1. The van der Waals surface area contributed by atoms with Gasteiger partial charge in [0.05, 0.1) is 5.56 Å².